The van der Waals surface area contributed by atoms with E-state index >= 15 is 0 Å². The summed E-state index contributed by atoms with van der Waals surface area (Å²) in [5.41, 5.74) is 1.09. The highest BCUT2D eigenvalue weighted by atomic mass is 19.1. The molecular formula is C27H18FN5O5. The zero-order chi connectivity index (χ0) is 26.6. The molecule has 0 spiro atoms. The Hall–Kier alpha value is -5.24. The molecule has 4 amide bonds. The highest BCUT2D eigenvalue weighted by Gasteiger charge is 2.53. The third-order valence-electron chi connectivity index (χ3n) is 6.74. The lowest BCUT2D eigenvalue weighted by Gasteiger charge is -2.28. The van der Waals surface area contributed by atoms with Crippen LogP contribution in [0.15, 0.2) is 59.0 Å². The maximum absolute atomic E-state index is 13.8. The lowest BCUT2D eigenvalue weighted by atomic mass is 9.95. The molecule has 188 valence electrons. The normalized spacial score (nSPS) is 18.3. The number of benzene rings is 2. The van der Waals surface area contributed by atoms with Gasteiger partial charge >= 0.3 is 6.03 Å². The highest BCUT2D eigenvalue weighted by Crippen LogP contribution is 2.35. The summed E-state index contributed by atoms with van der Waals surface area (Å²) in [6.45, 7) is 0.0497. The molecule has 2 aliphatic heterocycles. The summed E-state index contributed by atoms with van der Waals surface area (Å²) in [6, 6.07) is 15.1. The number of pyridine rings is 1. The molecule has 0 radical (unpaired) electrons. The van der Waals surface area contributed by atoms with Gasteiger partial charge < -0.3 is 19.4 Å². The fourth-order valence-corrected chi connectivity index (χ4v) is 4.80. The zero-order valence-electron chi connectivity index (χ0n) is 19.9. The summed E-state index contributed by atoms with van der Waals surface area (Å²) in [5.74, 6) is -0.986. The third kappa shape index (κ3) is 3.54. The van der Waals surface area contributed by atoms with E-state index in [1.165, 1.54) is 36.3 Å². The number of ether oxygens (including phenoxy) is 1. The number of methoxy groups -OCH3 is 1. The highest BCUT2D eigenvalue weighted by molar-refractivity contribution is 6.08. The van der Waals surface area contributed by atoms with Crippen molar-refractivity contribution in [3.8, 4) is 23.1 Å². The van der Waals surface area contributed by atoms with Crippen molar-refractivity contribution in [1.82, 2.24) is 20.5 Å². The van der Waals surface area contributed by atoms with Crippen molar-refractivity contribution in [2.24, 2.45) is 0 Å². The first-order chi connectivity index (χ1) is 18.3. The number of fused-ring (bicyclic) bond motifs is 2. The molecule has 10 nitrogen and oxygen atoms in total. The Morgan fingerprint density at radius 1 is 1.16 bits per heavy atom. The van der Waals surface area contributed by atoms with Crippen LogP contribution in [0.5, 0.6) is 5.75 Å². The van der Waals surface area contributed by atoms with E-state index in [0.29, 0.717) is 33.7 Å². The number of carbonyl (C=O) groups excluding carboxylic acids is 3. The molecule has 4 aromatic rings. The number of nitrogens with one attached hydrogen (secondary N) is 2. The molecule has 38 heavy (non-hydrogen) atoms. The molecule has 0 aliphatic carbocycles. The van der Waals surface area contributed by atoms with Gasteiger partial charge in [0.15, 0.2) is 11.1 Å². The van der Waals surface area contributed by atoms with Crippen molar-refractivity contribution in [2.75, 3.05) is 13.7 Å². The number of hydrogen-bond donors (Lipinski definition) is 2. The van der Waals surface area contributed by atoms with Crippen LogP contribution in [0.25, 0.3) is 22.4 Å². The van der Waals surface area contributed by atoms with Crippen LogP contribution in [0.4, 0.5) is 9.18 Å². The van der Waals surface area contributed by atoms with Crippen molar-refractivity contribution in [2.45, 2.75) is 12.1 Å². The lowest BCUT2D eigenvalue weighted by molar-refractivity contribution is -0.125. The molecule has 0 saturated carbocycles. The first-order valence-corrected chi connectivity index (χ1v) is 11.5. The number of hydrogen-bond acceptors (Lipinski definition) is 7. The smallest absolute Gasteiger partial charge is 0.322 e. The number of carbonyl (C=O) groups is 3. The Morgan fingerprint density at radius 2 is 2.00 bits per heavy atom. The number of rotatable bonds is 5. The van der Waals surface area contributed by atoms with E-state index < -0.39 is 23.3 Å². The fourth-order valence-electron chi connectivity index (χ4n) is 4.80. The summed E-state index contributed by atoms with van der Waals surface area (Å²) >= 11 is 0. The van der Waals surface area contributed by atoms with Crippen LogP contribution in [0, 0.1) is 17.1 Å². The van der Waals surface area contributed by atoms with Crippen molar-refractivity contribution < 1.29 is 27.9 Å². The van der Waals surface area contributed by atoms with Crippen LogP contribution in [0.1, 0.15) is 27.2 Å². The Kier molecular flexibility index (Phi) is 5.13. The quantitative estimate of drug-likeness (QED) is 0.393. The SMILES string of the molecule is COc1ccc2c(c1)C(=O)N(C[C@@]1(c3cc4nc(-c5ccc(F)c(C#N)c5)ccc4o3)NC(=O)NC1=O)C2. The molecule has 11 heteroatoms. The van der Waals surface area contributed by atoms with E-state index in [-0.39, 0.29) is 30.3 Å². The minimum atomic E-state index is -1.69. The summed E-state index contributed by atoms with van der Waals surface area (Å²) in [5, 5.41) is 14.0. The minimum absolute atomic E-state index is 0.0960. The van der Waals surface area contributed by atoms with Crippen molar-refractivity contribution in [3.63, 3.8) is 0 Å². The van der Waals surface area contributed by atoms with E-state index in [1.807, 2.05) is 0 Å². The molecule has 2 aromatic carbocycles. The molecule has 2 aliphatic rings. The molecule has 2 N–H and O–H groups in total. The van der Waals surface area contributed by atoms with E-state index in [0.717, 1.165) is 5.56 Å². The van der Waals surface area contributed by atoms with Crippen molar-refractivity contribution in [3.05, 3.63) is 82.9 Å². The van der Waals surface area contributed by atoms with Crippen LogP contribution in [0.2, 0.25) is 0 Å². The maximum Gasteiger partial charge on any atom is 0.322 e. The maximum atomic E-state index is 13.8. The van der Waals surface area contributed by atoms with Crippen molar-refractivity contribution in [1.29, 1.82) is 5.26 Å². The Balaban J connectivity index is 1.38. The average molecular weight is 511 g/mol. The minimum Gasteiger partial charge on any atom is -0.497 e. The van der Waals surface area contributed by atoms with E-state index in [1.54, 1.807) is 36.4 Å². The van der Waals surface area contributed by atoms with Gasteiger partial charge in [0.2, 0.25) is 0 Å². The predicted molar refractivity (Wildman–Crippen MR) is 130 cm³/mol. The van der Waals surface area contributed by atoms with Crippen LogP contribution in [0.3, 0.4) is 0 Å². The van der Waals surface area contributed by atoms with Gasteiger partial charge in [0.25, 0.3) is 11.8 Å². The van der Waals surface area contributed by atoms with Gasteiger partial charge in [0.1, 0.15) is 28.9 Å². The first-order valence-electron chi connectivity index (χ1n) is 11.5. The molecule has 0 bridgehead atoms. The summed E-state index contributed by atoms with van der Waals surface area (Å²) in [4.78, 5) is 44.6. The number of nitrogens with zero attached hydrogens (tertiary/aromatic N) is 3. The van der Waals surface area contributed by atoms with Gasteiger partial charge in [-0.3, -0.25) is 14.9 Å². The van der Waals surface area contributed by atoms with Gasteiger partial charge in [-0.25, -0.2) is 14.2 Å². The molecule has 0 unspecified atom stereocenters. The second-order valence-electron chi connectivity index (χ2n) is 8.99. The van der Waals surface area contributed by atoms with Crippen LogP contribution >= 0.6 is 0 Å². The predicted octanol–water partition coefficient (Wildman–Crippen LogP) is 3.20. The van der Waals surface area contributed by atoms with E-state index in [4.69, 9.17) is 14.4 Å². The molecule has 4 heterocycles. The molecular weight excluding hydrogens is 493 g/mol. The second kappa shape index (κ2) is 8.41. The summed E-state index contributed by atoms with van der Waals surface area (Å²) in [6.07, 6.45) is 0. The van der Waals surface area contributed by atoms with Crippen molar-refractivity contribution >= 4 is 28.9 Å². The number of furan rings is 1. The monoisotopic (exact) mass is 511 g/mol. The van der Waals surface area contributed by atoms with Gasteiger partial charge in [-0.1, -0.05) is 6.07 Å². The first kappa shape index (κ1) is 23.2. The molecule has 1 fully saturated rings. The summed E-state index contributed by atoms with van der Waals surface area (Å²) < 4.78 is 25.0. The fraction of sp³-hybridized carbons (Fsp3) is 0.148. The van der Waals surface area contributed by atoms with Gasteiger partial charge in [0.05, 0.1) is 24.9 Å². The van der Waals surface area contributed by atoms with Crippen LogP contribution in [-0.2, 0) is 16.9 Å². The number of halogens is 1. The van der Waals surface area contributed by atoms with E-state index in [9.17, 15) is 18.8 Å². The van der Waals surface area contributed by atoms with Gasteiger partial charge in [0, 0.05) is 23.7 Å². The molecule has 2 aromatic heterocycles. The molecule has 6 rings (SSSR count). The lowest BCUT2D eigenvalue weighted by Crippen LogP contribution is -2.52. The number of imide groups is 1. The Bertz CT molecular complexity index is 1720. The van der Waals surface area contributed by atoms with E-state index in [2.05, 4.69) is 15.6 Å². The zero-order valence-corrected chi connectivity index (χ0v) is 19.9. The van der Waals surface area contributed by atoms with Gasteiger partial charge in [-0.05, 0) is 48.0 Å². The Labute approximate surface area is 214 Å². The second-order valence-corrected chi connectivity index (χ2v) is 8.99. The third-order valence-corrected chi connectivity index (χ3v) is 6.74. The molecule has 1 atom stereocenters. The number of urea groups is 1. The Morgan fingerprint density at radius 3 is 2.74 bits per heavy atom. The van der Waals surface area contributed by atoms with Crippen LogP contribution in [-0.4, -0.2) is 41.4 Å². The number of nitriles is 1. The topological polar surface area (TPSA) is 138 Å². The largest absolute Gasteiger partial charge is 0.497 e. The standard InChI is InChI=1S/C27H18FN5O5/c1-37-17-4-2-15-12-33(24(34)18(15)9-17)13-27(25(35)31-26(36)32-27)23-10-21-22(38-23)7-6-20(30-21)14-3-5-19(28)16(8-14)11-29/h2-10H,12-13H2,1H3,(H2,31,32,35,36)/t27-/m0/s1. The average Bonchev–Trinajstić information content (AvgIpc) is 3.57. The molecule has 1 saturated heterocycles. The summed E-state index contributed by atoms with van der Waals surface area (Å²) in [7, 11) is 1.51. The van der Waals surface area contributed by atoms with Gasteiger partial charge in [-0.15, -0.1) is 0 Å². The van der Waals surface area contributed by atoms with Gasteiger partial charge in [-0.2, -0.15) is 5.26 Å². The van der Waals surface area contributed by atoms with Crippen LogP contribution < -0.4 is 15.4 Å². The number of amides is 4. The number of aromatic nitrogens is 1.